The number of hydrogen-bond acceptors (Lipinski definition) is 7. The van der Waals surface area contributed by atoms with Crippen molar-refractivity contribution in [2.45, 2.75) is 18.2 Å². The largest absolute Gasteiger partial charge is 0.493 e. The fraction of sp³-hybridized carbons (Fsp3) is 0.115. The first-order valence-electron chi connectivity index (χ1n) is 11.2. The molecule has 37 heavy (non-hydrogen) atoms. The first-order valence-corrected chi connectivity index (χ1v) is 13.1. The fourth-order valence-electron chi connectivity index (χ4n) is 3.30. The molecule has 3 N–H and O–H groups in total. The van der Waals surface area contributed by atoms with Gasteiger partial charge in [-0.25, -0.2) is 8.42 Å². The Morgan fingerprint density at radius 1 is 1.00 bits per heavy atom. The number of sulfonamides is 1. The third kappa shape index (κ3) is 7.38. The number of thiocarbonyl (C=S) groups is 1. The quantitative estimate of drug-likeness (QED) is 0.267. The maximum Gasteiger partial charge on any atom is 0.263 e. The number of aromatic nitrogens is 1. The highest BCUT2D eigenvalue weighted by Crippen LogP contribution is 2.18. The van der Waals surface area contributed by atoms with Crippen molar-refractivity contribution in [3.8, 4) is 5.75 Å². The van der Waals surface area contributed by atoms with Gasteiger partial charge >= 0.3 is 0 Å². The molecule has 3 aromatic carbocycles. The van der Waals surface area contributed by atoms with E-state index >= 15 is 0 Å². The second-order valence-electron chi connectivity index (χ2n) is 7.97. The van der Waals surface area contributed by atoms with Crippen LogP contribution in [0.4, 0.5) is 11.5 Å². The first-order chi connectivity index (χ1) is 17.8. The Balaban J connectivity index is 1.26. The molecule has 0 saturated heterocycles. The second kappa shape index (κ2) is 11.7. The number of hydrogen-bond donors (Lipinski definition) is 3. The average Bonchev–Trinajstić information content (AvgIpc) is 3.29. The summed E-state index contributed by atoms with van der Waals surface area (Å²) in [5.74, 6) is 0.849. The van der Waals surface area contributed by atoms with Crippen molar-refractivity contribution < 1.29 is 22.5 Å². The van der Waals surface area contributed by atoms with E-state index in [0.717, 1.165) is 6.42 Å². The van der Waals surface area contributed by atoms with E-state index < -0.39 is 10.0 Å². The molecular formula is C26H24N4O5S2. The molecule has 0 bridgehead atoms. The van der Waals surface area contributed by atoms with Crippen molar-refractivity contribution in [3.05, 3.63) is 102 Å². The van der Waals surface area contributed by atoms with Gasteiger partial charge in [0.25, 0.3) is 15.9 Å². The lowest BCUT2D eigenvalue weighted by atomic mass is 10.2. The van der Waals surface area contributed by atoms with Gasteiger partial charge in [-0.3, -0.25) is 14.8 Å². The van der Waals surface area contributed by atoms with Crippen LogP contribution < -0.4 is 20.1 Å². The highest BCUT2D eigenvalue weighted by Gasteiger charge is 2.16. The van der Waals surface area contributed by atoms with E-state index in [1.807, 2.05) is 30.3 Å². The Morgan fingerprint density at radius 2 is 1.70 bits per heavy atom. The van der Waals surface area contributed by atoms with Gasteiger partial charge in [-0.05, 0) is 73.2 Å². The normalized spacial score (nSPS) is 10.9. The third-order valence-corrected chi connectivity index (χ3v) is 6.71. The lowest BCUT2D eigenvalue weighted by Gasteiger charge is -2.11. The minimum atomic E-state index is -3.84. The van der Waals surface area contributed by atoms with Crippen LogP contribution in [0.1, 0.15) is 21.7 Å². The summed E-state index contributed by atoms with van der Waals surface area (Å²) in [6.45, 7) is 2.18. The number of nitrogens with one attached hydrogen (secondary N) is 3. The molecule has 0 spiro atoms. The number of carbonyl (C=O) groups excluding carboxylic acids is 1. The number of nitrogens with zero attached hydrogens (tertiary/aromatic N) is 1. The summed E-state index contributed by atoms with van der Waals surface area (Å²) < 4.78 is 37.9. The van der Waals surface area contributed by atoms with Crippen LogP contribution in [-0.4, -0.2) is 31.2 Å². The molecule has 0 atom stereocenters. The Labute approximate surface area is 219 Å². The van der Waals surface area contributed by atoms with Gasteiger partial charge < -0.3 is 14.6 Å². The third-order valence-electron chi connectivity index (χ3n) is 5.14. The molecule has 190 valence electrons. The zero-order chi connectivity index (χ0) is 26.3. The van der Waals surface area contributed by atoms with E-state index in [0.29, 0.717) is 29.4 Å². The first kappa shape index (κ1) is 25.9. The van der Waals surface area contributed by atoms with E-state index in [9.17, 15) is 13.2 Å². The van der Waals surface area contributed by atoms with Gasteiger partial charge in [0.05, 0.1) is 11.5 Å². The molecule has 11 heteroatoms. The zero-order valence-corrected chi connectivity index (χ0v) is 21.4. The van der Waals surface area contributed by atoms with E-state index in [-0.39, 0.29) is 21.7 Å². The molecular weight excluding hydrogens is 512 g/mol. The van der Waals surface area contributed by atoms with Gasteiger partial charge in [0, 0.05) is 23.7 Å². The van der Waals surface area contributed by atoms with Crippen molar-refractivity contribution in [3.63, 3.8) is 0 Å². The molecule has 4 aromatic rings. The van der Waals surface area contributed by atoms with Crippen LogP contribution in [0.2, 0.25) is 0 Å². The van der Waals surface area contributed by atoms with Crippen molar-refractivity contribution >= 4 is 44.8 Å². The average molecular weight is 537 g/mol. The molecule has 9 nitrogen and oxygen atoms in total. The molecule has 4 rings (SSSR count). The number of ether oxygens (including phenoxy) is 1. The molecule has 1 aromatic heterocycles. The summed E-state index contributed by atoms with van der Waals surface area (Å²) >= 11 is 5.22. The van der Waals surface area contributed by atoms with Crippen LogP contribution in [0.5, 0.6) is 5.75 Å². The fourth-order valence-corrected chi connectivity index (χ4v) is 4.49. The molecule has 0 saturated carbocycles. The topological polar surface area (TPSA) is 123 Å². The second-order valence-corrected chi connectivity index (χ2v) is 10.1. The van der Waals surface area contributed by atoms with Crippen LogP contribution in [-0.2, 0) is 16.4 Å². The smallest absolute Gasteiger partial charge is 0.263 e. The summed E-state index contributed by atoms with van der Waals surface area (Å²) in [6, 6.07) is 24.1. The highest BCUT2D eigenvalue weighted by molar-refractivity contribution is 7.92. The van der Waals surface area contributed by atoms with Gasteiger partial charge in [0.1, 0.15) is 11.5 Å². The van der Waals surface area contributed by atoms with Gasteiger partial charge in [0.2, 0.25) is 0 Å². The molecule has 0 unspecified atom stereocenters. The minimum absolute atomic E-state index is 0.0275. The maximum atomic E-state index is 12.5. The van der Waals surface area contributed by atoms with E-state index in [1.54, 1.807) is 31.2 Å². The van der Waals surface area contributed by atoms with E-state index in [2.05, 4.69) is 20.5 Å². The predicted molar refractivity (Wildman–Crippen MR) is 144 cm³/mol. The molecule has 0 aliphatic carbocycles. The maximum absolute atomic E-state index is 12.5. The van der Waals surface area contributed by atoms with Crippen LogP contribution in [0.15, 0.2) is 94.3 Å². The molecule has 0 aliphatic heterocycles. The number of benzene rings is 3. The van der Waals surface area contributed by atoms with E-state index in [4.69, 9.17) is 21.5 Å². The van der Waals surface area contributed by atoms with Crippen molar-refractivity contribution in [1.29, 1.82) is 0 Å². The van der Waals surface area contributed by atoms with Crippen molar-refractivity contribution in [2.75, 3.05) is 16.6 Å². The summed E-state index contributed by atoms with van der Waals surface area (Å²) in [6.07, 6.45) is 0.785. The SMILES string of the molecule is Cc1cc(NS(=O)(=O)c2ccc(NC(=S)NC(=O)c3ccc(OCCc4ccccc4)cc3)cc2)no1. The summed E-state index contributed by atoms with van der Waals surface area (Å²) in [5.41, 5.74) is 2.10. The standard InChI is InChI=1S/C26H24N4O5S2/c1-18-17-24(29-35-18)30-37(32,33)23-13-9-21(10-14-23)27-26(36)28-25(31)20-7-11-22(12-8-20)34-16-15-19-5-3-2-4-6-19/h2-14,17H,15-16H2,1H3,(H,29,30)(H2,27,28,31,36). The molecule has 1 amide bonds. The van der Waals surface area contributed by atoms with E-state index in [1.165, 1.54) is 35.9 Å². The van der Waals surface area contributed by atoms with Crippen LogP contribution >= 0.6 is 12.2 Å². The Kier molecular flexibility index (Phi) is 8.16. The van der Waals surface area contributed by atoms with Crippen molar-refractivity contribution in [1.82, 2.24) is 10.5 Å². The monoisotopic (exact) mass is 536 g/mol. The summed E-state index contributed by atoms with van der Waals surface area (Å²) in [7, 11) is -3.84. The van der Waals surface area contributed by atoms with Crippen LogP contribution in [0, 0.1) is 6.92 Å². The summed E-state index contributed by atoms with van der Waals surface area (Å²) in [5, 5.41) is 9.15. The Morgan fingerprint density at radius 3 is 2.35 bits per heavy atom. The van der Waals surface area contributed by atoms with Crippen molar-refractivity contribution in [2.24, 2.45) is 0 Å². The van der Waals surface area contributed by atoms with Gasteiger partial charge in [-0.2, -0.15) is 0 Å². The number of anilines is 2. The Hall–Kier alpha value is -4.22. The molecule has 1 heterocycles. The summed E-state index contributed by atoms with van der Waals surface area (Å²) in [4.78, 5) is 12.6. The van der Waals surface area contributed by atoms with Gasteiger partial charge in [-0.1, -0.05) is 35.5 Å². The number of aryl methyl sites for hydroxylation is 1. The van der Waals surface area contributed by atoms with Crippen LogP contribution in [0.3, 0.4) is 0 Å². The van der Waals surface area contributed by atoms with Gasteiger partial charge in [-0.15, -0.1) is 0 Å². The number of amides is 1. The highest BCUT2D eigenvalue weighted by atomic mass is 32.2. The lowest BCUT2D eigenvalue weighted by molar-refractivity contribution is 0.0977. The minimum Gasteiger partial charge on any atom is -0.493 e. The Bertz CT molecular complexity index is 1470. The number of carbonyl (C=O) groups is 1. The molecule has 0 radical (unpaired) electrons. The molecule has 0 fully saturated rings. The zero-order valence-electron chi connectivity index (χ0n) is 19.8. The number of rotatable bonds is 9. The lowest BCUT2D eigenvalue weighted by Crippen LogP contribution is -2.34. The van der Waals surface area contributed by atoms with Gasteiger partial charge in [0.15, 0.2) is 10.9 Å². The predicted octanol–water partition coefficient (Wildman–Crippen LogP) is 4.53. The van der Waals surface area contributed by atoms with Crippen LogP contribution in [0.25, 0.3) is 0 Å². The molecule has 0 aliphatic rings.